The van der Waals surface area contributed by atoms with Crippen LogP contribution in [0.1, 0.15) is 25.7 Å². The molecule has 0 aliphatic carbocycles. The lowest BCUT2D eigenvalue weighted by Gasteiger charge is -2.51. The van der Waals surface area contributed by atoms with Gasteiger partial charge in [0.2, 0.25) is 0 Å². The average molecular weight is 689 g/mol. The standard InChI is InChI=1S/C28H48O12Si4/c1-9-25(29)33-17-13-21-43(22-14-18-34-26(30)10-2)38-41(5,6)37-42(7,8)39-44(40-43,23-15-19-35-27(31)11-3)24-16-20-36-28(32)12-4/h9-12H,1-4,13-24H2,5-8H3. The fourth-order valence-corrected chi connectivity index (χ4v) is 28.1. The molecule has 1 aliphatic rings. The second kappa shape index (κ2) is 19.1. The van der Waals surface area contributed by atoms with Crippen LogP contribution in [0.15, 0.2) is 50.6 Å². The summed E-state index contributed by atoms with van der Waals surface area (Å²) in [6.07, 6.45) is 6.19. The van der Waals surface area contributed by atoms with Gasteiger partial charge in [-0.3, -0.25) is 0 Å². The molecule has 0 aromatic carbocycles. The van der Waals surface area contributed by atoms with Crippen LogP contribution in [-0.2, 0) is 54.6 Å². The first-order valence-electron chi connectivity index (χ1n) is 14.6. The van der Waals surface area contributed by atoms with E-state index in [0.29, 0.717) is 49.9 Å². The van der Waals surface area contributed by atoms with Gasteiger partial charge in [0.1, 0.15) is 0 Å². The molecule has 1 saturated heterocycles. The van der Waals surface area contributed by atoms with Crippen LogP contribution >= 0.6 is 0 Å². The topological polar surface area (TPSA) is 142 Å². The summed E-state index contributed by atoms with van der Waals surface area (Å²) in [5.74, 6) is -2.12. The number of hydrogen-bond acceptors (Lipinski definition) is 12. The summed E-state index contributed by atoms with van der Waals surface area (Å²) >= 11 is 0. The largest absolute Gasteiger partial charge is 0.463 e. The van der Waals surface area contributed by atoms with Crippen molar-refractivity contribution in [3.63, 3.8) is 0 Å². The first kappa shape index (κ1) is 39.6. The number of carbonyl (C=O) groups excluding carboxylic acids is 4. The first-order valence-corrected chi connectivity index (χ1v) is 24.7. The molecule has 1 rings (SSSR count). The van der Waals surface area contributed by atoms with Crippen molar-refractivity contribution in [2.24, 2.45) is 0 Å². The summed E-state index contributed by atoms with van der Waals surface area (Å²) in [4.78, 5) is 46.8. The Morgan fingerprint density at radius 2 is 0.727 bits per heavy atom. The van der Waals surface area contributed by atoms with E-state index in [2.05, 4.69) is 26.3 Å². The lowest BCUT2D eigenvalue weighted by Crippen LogP contribution is -2.67. The summed E-state index contributed by atoms with van der Waals surface area (Å²) < 4.78 is 48.8. The molecule has 1 fully saturated rings. The fourth-order valence-electron chi connectivity index (χ4n) is 4.86. The van der Waals surface area contributed by atoms with E-state index in [0.717, 1.165) is 24.3 Å². The number of carbonyl (C=O) groups is 4. The maximum atomic E-state index is 11.7. The van der Waals surface area contributed by atoms with E-state index in [1.165, 1.54) is 0 Å². The third-order valence-corrected chi connectivity index (χ3v) is 24.5. The predicted molar refractivity (Wildman–Crippen MR) is 173 cm³/mol. The third kappa shape index (κ3) is 15.5. The van der Waals surface area contributed by atoms with Gasteiger partial charge in [0.25, 0.3) is 0 Å². The lowest BCUT2D eigenvalue weighted by molar-refractivity contribution is -0.138. The highest BCUT2D eigenvalue weighted by Gasteiger charge is 2.57. The molecule has 0 radical (unpaired) electrons. The average Bonchev–Trinajstić information content (AvgIpc) is 2.95. The summed E-state index contributed by atoms with van der Waals surface area (Å²) in [7, 11) is -12.1. The molecular weight excluding hydrogens is 641 g/mol. The van der Waals surface area contributed by atoms with E-state index in [4.69, 9.17) is 35.4 Å². The van der Waals surface area contributed by atoms with Crippen molar-refractivity contribution in [2.75, 3.05) is 26.4 Å². The van der Waals surface area contributed by atoms with Crippen LogP contribution in [0.2, 0.25) is 50.4 Å². The molecule has 0 amide bonds. The minimum Gasteiger partial charge on any atom is -0.463 e. The van der Waals surface area contributed by atoms with Gasteiger partial charge in [-0.25, -0.2) is 19.2 Å². The maximum Gasteiger partial charge on any atom is 0.330 e. The highest BCUT2D eigenvalue weighted by Crippen LogP contribution is 2.40. The Hall–Kier alpha value is -2.45. The molecule has 0 aromatic rings. The molecule has 0 saturated carbocycles. The second-order valence-corrected chi connectivity index (χ2v) is 25.4. The fraction of sp³-hybridized carbons (Fsp3) is 0.571. The van der Waals surface area contributed by atoms with E-state index in [1.54, 1.807) is 0 Å². The lowest BCUT2D eigenvalue weighted by atomic mass is 10.5. The van der Waals surface area contributed by atoms with Crippen molar-refractivity contribution in [1.82, 2.24) is 0 Å². The second-order valence-electron chi connectivity index (χ2n) is 10.9. The van der Waals surface area contributed by atoms with Crippen LogP contribution in [0.3, 0.4) is 0 Å². The normalized spacial score (nSPS) is 17.9. The molecule has 0 atom stereocenters. The summed E-state index contributed by atoms with van der Waals surface area (Å²) in [5.41, 5.74) is 0. The molecule has 1 aliphatic heterocycles. The molecule has 44 heavy (non-hydrogen) atoms. The molecule has 0 aromatic heterocycles. The molecule has 12 nitrogen and oxygen atoms in total. The summed E-state index contributed by atoms with van der Waals surface area (Å²) in [5, 5.41) is 0. The summed E-state index contributed by atoms with van der Waals surface area (Å²) in [6, 6.07) is 1.79. The van der Waals surface area contributed by atoms with Crippen LogP contribution < -0.4 is 0 Å². The van der Waals surface area contributed by atoms with Gasteiger partial charge in [-0.2, -0.15) is 0 Å². The third-order valence-electron chi connectivity index (χ3n) is 6.18. The Labute approximate surface area is 265 Å². The van der Waals surface area contributed by atoms with Gasteiger partial charge in [-0.05, 0) is 76.0 Å². The molecule has 0 bridgehead atoms. The van der Waals surface area contributed by atoms with E-state index in [9.17, 15) is 19.2 Å². The Bertz CT molecular complexity index is 896. The van der Waals surface area contributed by atoms with Crippen LogP contribution in [-0.4, -0.2) is 84.5 Å². The molecule has 0 spiro atoms. The quantitative estimate of drug-likeness (QED) is 0.0568. The van der Waals surface area contributed by atoms with Gasteiger partial charge in [-0.15, -0.1) is 0 Å². The maximum absolute atomic E-state index is 11.7. The van der Waals surface area contributed by atoms with Crippen molar-refractivity contribution in [2.45, 2.75) is 76.0 Å². The van der Waals surface area contributed by atoms with Gasteiger partial charge in [0.15, 0.2) is 0 Å². The van der Waals surface area contributed by atoms with Crippen molar-refractivity contribution in [3.8, 4) is 0 Å². The van der Waals surface area contributed by atoms with E-state index >= 15 is 0 Å². The zero-order valence-corrected chi connectivity index (χ0v) is 30.5. The smallest absolute Gasteiger partial charge is 0.330 e. The number of ether oxygens (including phenoxy) is 4. The first-order chi connectivity index (χ1) is 20.6. The van der Waals surface area contributed by atoms with Gasteiger partial charge in [0.05, 0.1) is 26.4 Å². The van der Waals surface area contributed by atoms with Crippen molar-refractivity contribution in [1.29, 1.82) is 0 Å². The van der Waals surface area contributed by atoms with E-state index in [-0.39, 0.29) is 26.4 Å². The van der Waals surface area contributed by atoms with Crippen LogP contribution in [0.25, 0.3) is 0 Å². The van der Waals surface area contributed by atoms with Crippen LogP contribution in [0.5, 0.6) is 0 Å². The highest BCUT2D eigenvalue weighted by atomic mass is 28.5. The highest BCUT2D eigenvalue weighted by molar-refractivity contribution is 6.94. The number of rotatable bonds is 20. The monoisotopic (exact) mass is 688 g/mol. The number of hydrogen-bond donors (Lipinski definition) is 0. The van der Waals surface area contributed by atoms with Crippen LogP contribution in [0, 0.1) is 0 Å². The molecule has 248 valence electrons. The van der Waals surface area contributed by atoms with E-state index in [1.807, 2.05) is 26.2 Å². The molecule has 0 unspecified atom stereocenters. The Balaban J connectivity index is 3.48. The van der Waals surface area contributed by atoms with Crippen molar-refractivity contribution < 1.29 is 54.6 Å². The van der Waals surface area contributed by atoms with Gasteiger partial charge in [0, 0.05) is 24.3 Å². The van der Waals surface area contributed by atoms with Crippen LogP contribution in [0.4, 0.5) is 0 Å². The zero-order valence-electron chi connectivity index (χ0n) is 26.5. The van der Waals surface area contributed by atoms with Gasteiger partial charge in [-0.1, -0.05) is 26.3 Å². The Kier molecular flexibility index (Phi) is 17.2. The minimum absolute atomic E-state index is 0.130. The van der Waals surface area contributed by atoms with Crippen molar-refractivity contribution in [3.05, 3.63) is 50.6 Å². The van der Waals surface area contributed by atoms with E-state index < -0.39 is 58.1 Å². The molecule has 16 heteroatoms. The SMILES string of the molecule is C=CC(=O)OCCC[Si]1(CCCOC(=O)C=C)O[Si](C)(C)O[Si](C)(C)O[Si](CCCOC(=O)C=C)(CCCOC(=O)C=C)O1. The zero-order chi connectivity index (χ0) is 33.3. The number of esters is 4. The Morgan fingerprint density at radius 1 is 0.477 bits per heavy atom. The van der Waals surface area contributed by atoms with Gasteiger partial charge < -0.3 is 35.4 Å². The van der Waals surface area contributed by atoms with Crippen molar-refractivity contribution >= 4 is 58.1 Å². The predicted octanol–water partition coefficient (Wildman–Crippen LogP) is 4.83. The molecular formula is C28H48O12Si4. The Morgan fingerprint density at radius 3 is 0.955 bits per heavy atom. The molecule has 0 N–H and O–H groups in total. The summed E-state index contributed by atoms with van der Waals surface area (Å²) in [6.45, 7) is 22.1. The van der Waals surface area contributed by atoms with Gasteiger partial charge >= 0.3 is 58.1 Å². The minimum atomic E-state index is -3.23. The molecule has 1 heterocycles.